The lowest BCUT2D eigenvalue weighted by Crippen LogP contribution is -2.57. The standard InChI is InChI=1S/C30H51N3O6/c1-21(2)31-16-15-24-12-13-25(20-32(24)29(35)39-30(5,6)7)33(22(3)4)28(34)23-11-14-26(37-9)27(19-23)38-18-10-17-36-8/h11,14,19,21-22,24-25,31H,10,12-13,15-18,20H2,1-9H3/t24-,25?/m0/s1. The fourth-order valence-corrected chi connectivity index (χ4v) is 4.90. The lowest BCUT2D eigenvalue weighted by Gasteiger charge is -2.45. The number of hydrogen-bond donors (Lipinski definition) is 1. The van der Waals surface area contributed by atoms with Crippen molar-refractivity contribution < 1.29 is 28.5 Å². The summed E-state index contributed by atoms with van der Waals surface area (Å²) in [6, 6.07) is 5.53. The molecule has 39 heavy (non-hydrogen) atoms. The van der Waals surface area contributed by atoms with Gasteiger partial charge in [-0.05, 0) is 78.6 Å². The van der Waals surface area contributed by atoms with Crippen molar-refractivity contribution in [2.24, 2.45) is 0 Å². The number of piperidine rings is 1. The highest BCUT2D eigenvalue weighted by molar-refractivity contribution is 5.95. The maximum atomic E-state index is 13.9. The summed E-state index contributed by atoms with van der Waals surface area (Å²) in [5, 5.41) is 3.46. The van der Waals surface area contributed by atoms with E-state index in [1.54, 1.807) is 32.4 Å². The second-order valence-corrected chi connectivity index (χ2v) is 11.8. The molecule has 0 radical (unpaired) electrons. The minimum absolute atomic E-state index is 0.0551. The molecule has 1 aromatic carbocycles. The van der Waals surface area contributed by atoms with Crippen LogP contribution in [-0.2, 0) is 9.47 Å². The smallest absolute Gasteiger partial charge is 0.410 e. The molecule has 1 aliphatic heterocycles. The summed E-state index contributed by atoms with van der Waals surface area (Å²) in [5.74, 6) is 1.01. The average molecular weight is 550 g/mol. The van der Waals surface area contributed by atoms with Crippen molar-refractivity contribution in [2.45, 2.75) is 104 Å². The van der Waals surface area contributed by atoms with Gasteiger partial charge in [-0.15, -0.1) is 0 Å². The van der Waals surface area contributed by atoms with Crippen molar-refractivity contribution in [3.63, 3.8) is 0 Å². The molecule has 1 aromatic rings. The number of carbonyl (C=O) groups is 2. The van der Waals surface area contributed by atoms with Crippen LogP contribution >= 0.6 is 0 Å². The first-order chi connectivity index (χ1) is 18.4. The molecular formula is C30H51N3O6. The summed E-state index contributed by atoms with van der Waals surface area (Å²) in [6.07, 6.45) is 2.85. The molecule has 0 spiro atoms. The van der Waals surface area contributed by atoms with Crippen molar-refractivity contribution in [2.75, 3.05) is 40.5 Å². The van der Waals surface area contributed by atoms with Crippen molar-refractivity contribution >= 4 is 12.0 Å². The van der Waals surface area contributed by atoms with E-state index < -0.39 is 5.60 Å². The van der Waals surface area contributed by atoms with Gasteiger partial charge in [-0.25, -0.2) is 4.79 Å². The van der Waals surface area contributed by atoms with Crippen LogP contribution in [0.25, 0.3) is 0 Å². The number of likely N-dealkylation sites (tertiary alicyclic amines) is 1. The summed E-state index contributed by atoms with van der Waals surface area (Å²) >= 11 is 0. The Morgan fingerprint density at radius 3 is 2.38 bits per heavy atom. The zero-order chi connectivity index (χ0) is 29.2. The molecule has 2 amide bonds. The number of methoxy groups -OCH3 is 2. The van der Waals surface area contributed by atoms with E-state index >= 15 is 0 Å². The van der Waals surface area contributed by atoms with Crippen molar-refractivity contribution in [3.8, 4) is 11.5 Å². The molecule has 9 nitrogen and oxygen atoms in total. The van der Waals surface area contributed by atoms with E-state index in [2.05, 4.69) is 19.2 Å². The van der Waals surface area contributed by atoms with Crippen LogP contribution in [0.4, 0.5) is 4.79 Å². The van der Waals surface area contributed by atoms with Gasteiger partial charge in [0, 0.05) is 50.4 Å². The minimum Gasteiger partial charge on any atom is -0.493 e. The summed E-state index contributed by atoms with van der Waals surface area (Å²) in [5.41, 5.74) is -0.0699. The number of nitrogens with zero attached hydrogens (tertiary/aromatic N) is 2. The van der Waals surface area contributed by atoms with E-state index in [0.29, 0.717) is 42.9 Å². The van der Waals surface area contributed by atoms with Crippen LogP contribution in [-0.4, -0.2) is 92.1 Å². The molecule has 9 heteroatoms. The highest BCUT2D eigenvalue weighted by atomic mass is 16.6. The Kier molecular flexibility index (Phi) is 12.8. The predicted octanol–water partition coefficient (Wildman–Crippen LogP) is 5.12. The van der Waals surface area contributed by atoms with Gasteiger partial charge in [-0.1, -0.05) is 13.8 Å². The molecule has 1 aliphatic rings. The minimum atomic E-state index is -0.596. The summed E-state index contributed by atoms with van der Waals surface area (Å²) < 4.78 is 22.3. The second kappa shape index (κ2) is 15.3. The summed E-state index contributed by atoms with van der Waals surface area (Å²) in [6.45, 7) is 16.2. The van der Waals surface area contributed by atoms with E-state index in [9.17, 15) is 9.59 Å². The molecular weight excluding hydrogens is 498 g/mol. The maximum absolute atomic E-state index is 13.9. The molecule has 1 unspecified atom stereocenters. The van der Waals surface area contributed by atoms with Crippen LogP contribution in [0.5, 0.6) is 11.5 Å². The molecule has 2 atom stereocenters. The lowest BCUT2D eigenvalue weighted by molar-refractivity contribution is -0.00789. The van der Waals surface area contributed by atoms with Crippen LogP contribution in [0.2, 0.25) is 0 Å². The number of nitrogens with one attached hydrogen (secondary N) is 1. The lowest BCUT2D eigenvalue weighted by atomic mass is 9.93. The van der Waals surface area contributed by atoms with Gasteiger partial charge in [0.05, 0.1) is 19.8 Å². The predicted molar refractivity (Wildman–Crippen MR) is 154 cm³/mol. The SMILES string of the molecule is COCCCOc1cc(C(=O)N(C(C)C)C2CC[C@@H](CCNC(C)C)N(C(=O)OC(C)(C)C)C2)ccc1OC. The molecule has 2 rings (SSSR count). The van der Waals surface area contributed by atoms with Gasteiger partial charge in [-0.3, -0.25) is 4.79 Å². The van der Waals surface area contributed by atoms with Crippen LogP contribution in [0.15, 0.2) is 18.2 Å². The van der Waals surface area contributed by atoms with Crippen LogP contribution < -0.4 is 14.8 Å². The Morgan fingerprint density at radius 2 is 1.79 bits per heavy atom. The Morgan fingerprint density at radius 1 is 1.08 bits per heavy atom. The van der Waals surface area contributed by atoms with E-state index in [4.69, 9.17) is 18.9 Å². The highest BCUT2D eigenvalue weighted by Crippen LogP contribution is 2.31. The molecule has 1 saturated heterocycles. The van der Waals surface area contributed by atoms with Gasteiger partial charge in [0.25, 0.3) is 5.91 Å². The van der Waals surface area contributed by atoms with Gasteiger partial charge in [-0.2, -0.15) is 0 Å². The van der Waals surface area contributed by atoms with Crippen molar-refractivity contribution in [1.82, 2.24) is 15.1 Å². The van der Waals surface area contributed by atoms with Crippen LogP contribution in [0.3, 0.4) is 0 Å². The molecule has 0 aromatic heterocycles. The van der Waals surface area contributed by atoms with Gasteiger partial charge in [0.15, 0.2) is 11.5 Å². The quantitative estimate of drug-likeness (QED) is 0.342. The summed E-state index contributed by atoms with van der Waals surface area (Å²) in [7, 11) is 3.24. The van der Waals surface area contributed by atoms with E-state index in [1.807, 2.05) is 44.4 Å². The zero-order valence-electron chi connectivity index (χ0n) is 25.5. The van der Waals surface area contributed by atoms with Gasteiger partial charge < -0.3 is 34.1 Å². The van der Waals surface area contributed by atoms with Gasteiger partial charge >= 0.3 is 6.09 Å². The topological polar surface area (TPSA) is 89.6 Å². The van der Waals surface area contributed by atoms with Crippen molar-refractivity contribution in [1.29, 1.82) is 0 Å². The van der Waals surface area contributed by atoms with Gasteiger partial charge in [0.2, 0.25) is 0 Å². The first-order valence-electron chi connectivity index (χ1n) is 14.2. The zero-order valence-corrected chi connectivity index (χ0v) is 25.5. The third kappa shape index (κ3) is 10.2. The second-order valence-electron chi connectivity index (χ2n) is 11.8. The maximum Gasteiger partial charge on any atom is 0.410 e. The van der Waals surface area contributed by atoms with Crippen LogP contribution in [0.1, 0.15) is 84.5 Å². The largest absolute Gasteiger partial charge is 0.493 e. The molecule has 222 valence electrons. The number of benzene rings is 1. The van der Waals surface area contributed by atoms with E-state index in [0.717, 1.165) is 32.2 Å². The van der Waals surface area contributed by atoms with Crippen molar-refractivity contribution in [3.05, 3.63) is 23.8 Å². The Hall–Kier alpha value is -2.52. The molecule has 1 N–H and O–H groups in total. The number of rotatable bonds is 13. The highest BCUT2D eigenvalue weighted by Gasteiger charge is 2.38. The Labute approximate surface area is 235 Å². The van der Waals surface area contributed by atoms with E-state index in [1.165, 1.54) is 0 Å². The molecule has 0 saturated carbocycles. The monoisotopic (exact) mass is 549 g/mol. The fourth-order valence-electron chi connectivity index (χ4n) is 4.90. The Balaban J connectivity index is 2.27. The van der Waals surface area contributed by atoms with E-state index in [-0.39, 0.29) is 30.1 Å². The molecule has 1 heterocycles. The third-order valence-corrected chi connectivity index (χ3v) is 6.68. The summed E-state index contributed by atoms with van der Waals surface area (Å²) in [4.78, 5) is 30.9. The number of carbonyl (C=O) groups excluding carboxylic acids is 2. The number of hydrogen-bond acceptors (Lipinski definition) is 7. The first kappa shape index (κ1) is 32.7. The number of amides is 2. The van der Waals surface area contributed by atoms with Gasteiger partial charge in [0.1, 0.15) is 5.60 Å². The molecule has 0 aliphatic carbocycles. The molecule has 1 fully saturated rings. The average Bonchev–Trinajstić information content (AvgIpc) is 2.85. The molecule has 0 bridgehead atoms. The fraction of sp³-hybridized carbons (Fsp3) is 0.733. The third-order valence-electron chi connectivity index (χ3n) is 6.68. The normalized spacial score (nSPS) is 17.9. The number of ether oxygens (including phenoxy) is 4. The first-order valence-corrected chi connectivity index (χ1v) is 14.2. The Bertz CT molecular complexity index is 914. The van der Waals surface area contributed by atoms with Crippen LogP contribution in [0, 0.1) is 0 Å².